The summed E-state index contributed by atoms with van der Waals surface area (Å²) in [6.07, 6.45) is 2.13. The maximum Gasteiger partial charge on any atom is 0.407 e. The number of nitrogens with one attached hydrogen (secondary N) is 2. The van der Waals surface area contributed by atoms with Crippen molar-refractivity contribution in [2.24, 2.45) is 0 Å². The fourth-order valence-corrected chi connectivity index (χ4v) is 1.53. The first-order valence-electron chi connectivity index (χ1n) is 6.41. The normalized spacial score (nSPS) is 12.9. The third-order valence-electron chi connectivity index (χ3n) is 2.43. The Morgan fingerprint density at radius 1 is 1.22 bits per heavy atom. The second-order valence-corrected chi connectivity index (χ2v) is 5.38. The molecule has 106 valence electrons. The van der Waals surface area contributed by atoms with Crippen molar-refractivity contribution in [2.75, 3.05) is 13.6 Å². The molecule has 0 aromatic rings. The molecular formula is C13H26N2O3. The maximum absolute atomic E-state index is 11.3. The Morgan fingerprint density at radius 3 is 2.28 bits per heavy atom. The van der Waals surface area contributed by atoms with Crippen LogP contribution in [0.4, 0.5) is 4.79 Å². The molecule has 0 fully saturated rings. The molecule has 0 aliphatic carbocycles. The molecule has 0 aliphatic heterocycles. The quantitative estimate of drug-likeness (QED) is 0.684. The zero-order valence-corrected chi connectivity index (χ0v) is 12.1. The van der Waals surface area contributed by atoms with Crippen LogP contribution < -0.4 is 10.6 Å². The van der Waals surface area contributed by atoms with E-state index in [1.54, 1.807) is 14.0 Å². The number of amides is 1. The van der Waals surface area contributed by atoms with E-state index in [4.69, 9.17) is 4.74 Å². The predicted octanol–water partition coefficient (Wildman–Crippen LogP) is 1.86. The lowest BCUT2D eigenvalue weighted by Gasteiger charge is -2.19. The van der Waals surface area contributed by atoms with Crippen molar-refractivity contribution in [1.82, 2.24) is 10.6 Å². The van der Waals surface area contributed by atoms with Gasteiger partial charge in [-0.2, -0.15) is 0 Å². The molecule has 0 aromatic carbocycles. The molecule has 0 saturated carbocycles. The highest BCUT2D eigenvalue weighted by molar-refractivity contribution is 5.81. The molecule has 5 heteroatoms. The molecule has 0 unspecified atom stereocenters. The van der Waals surface area contributed by atoms with Crippen LogP contribution in [-0.4, -0.2) is 37.1 Å². The van der Waals surface area contributed by atoms with Crippen LogP contribution in [0.25, 0.3) is 0 Å². The molecule has 18 heavy (non-hydrogen) atoms. The number of unbranched alkanes of at least 4 members (excludes halogenated alkanes) is 1. The van der Waals surface area contributed by atoms with Gasteiger partial charge in [0.2, 0.25) is 0 Å². The van der Waals surface area contributed by atoms with E-state index in [1.807, 2.05) is 20.8 Å². The molecule has 0 aromatic heterocycles. The first-order chi connectivity index (χ1) is 8.26. The number of ether oxygens (including phenoxy) is 1. The summed E-state index contributed by atoms with van der Waals surface area (Å²) in [6.45, 7) is 7.65. The second kappa shape index (κ2) is 8.08. The molecule has 1 atom stereocenters. The smallest absolute Gasteiger partial charge is 0.407 e. The fraction of sp³-hybridized carbons (Fsp3) is 0.846. The molecule has 2 N–H and O–H groups in total. The van der Waals surface area contributed by atoms with Crippen LogP contribution >= 0.6 is 0 Å². The van der Waals surface area contributed by atoms with Crippen LogP contribution in [0.1, 0.15) is 47.0 Å². The highest BCUT2D eigenvalue weighted by atomic mass is 16.6. The van der Waals surface area contributed by atoms with E-state index in [0.717, 1.165) is 19.3 Å². The number of Topliss-reactive ketones (excluding diaryl/α,β-unsaturated/α-hetero) is 1. The van der Waals surface area contributed by atoms with Crippen LogP contribution in [0.15, 0.2) is 0 Å². The monoisotopic (exact) mass is 258 g/mol. The lowest BCUT2D eigenvalue weighted by molar-refractivity contribution is -0.119. The number of carbonyl (C=O) groups excluding carboxylic acids is 2. The van der Waals surface area contributed by atoms with Crippen LogP contribution in [0.5, 0.6) is 0 Å². The van der Waals surface area contributed by atoms with Gasteiger partial charge in [-0.15, -0.1) is 0 Å². The molecule has 0 spiro atoms. The topological polar surface area (TPSA) is 67.4 Å². The van der Waals surface area contributed by atoms with Gasteiger partial charge in [-0.1, -0.05) is 0 Å². The van der Waals surface area contributed by atoms with Gasteiger partial charge in [-0.3, -0.25) is 4.79 Å². The molecule has 0 aliphatic rings. The second-order valence-electron chi connectivity index (χ2n) is 5.38. The summed E-state index contributed by atoms with van der Waals surface area (Å²) in [5.41, 5.74) is -0.462. The molecule has 0 bridgehead atoms. The van der Waals surface area contributed by atoms with Gasteiger partial charge in [-0.25, -0.2) is 4.79 Å². The number of ketones is 1. The summed E-state index contributed by atoms with van der Waals surface area (Å²) in [5, 5.41) is 5.66. The summed E-state index contributed by atoms with van der Waals surface area (Å²) in [5.74, 6) is 0.151. The minimum Gasteiger partial charge on any atom is -0.444 e. The maximum atomic E-state index is 11.3. The minimum atomic E-state index is -0.462. The first-order valence-corrected chi connectivity index (χ1v) is 6.41. The summed E-state index contributed by atoms with van der Waals surface area (Å²) in [4.78, 5) is 22.5. The van der Waals surface area contributed by atoms with Crippen molar-refractivity contribution in [3.63, 3.8) is 0 Å². The van der Waals surface area contributed by atoms with E-state index < -0.39 is 5.60 Å². The Bertz CT molecular complexity index is 272. The van der Waals surface area contributed by atoms with Gasteiger partial charge in [0.25, 0.3) is 0 Å². The van der Waals surface area contributed by atoms with Crippen molar-refractivity contribution in [3.8, 4) is 0 Å². The van der Waals surface area contributed by atoms with Crippen LogP contribution in [0.3, 0.4) is 0 Å². The molecular weight excluding hydrogens is 232 g/mol. The molecule has 0 saturated heterocycles. The third kappa shape index (κ3) is 8.98. The van der Waals surface area contributed by atoms with E-state index in [2.05, 4.69) is 10.6 Å². The summed E-state index contributed by atoms with van der Waals surface area (Å²) in [7, 11) is 1.78. The van der Waals surface area contributed by atoms with E-state index >= 15 is 0 Å². The first kappa shape index (κ1) is 16.9. The van der Waals surface area contributed by atoms with Gasteiger partial charge in [0.05, 0.1) is 6.04 Å². The van der Waals surface area contributed by atoms with Crippen molar-refractivity contribution in [1.29, 1.82) is 0 Å². The Labute approximate surface area is 110 Å². The Morgan fingerprint density at radius 2 is 1.83 bits per heavy atom. The summed E-state index contributed by atoms with van der Waals surface area (Å²) in [6, 6.07) is -0.0773. The van der Waals surface area contributed by atoms with Crippen LogP contribution in [-0.2, 0) is 9.53 Å². The summed E-state index contributed by atoms with van der Waals surface area (Å²) < 4.78 is 5.11. The van der Waals surface area contributed by atoms with Crippen molar-refractivity contribution in [2.45, 2.75) is 58.6 Å². The Kier molecular flexibility index (Phi) is 7.59. The molecule has 1 amide bonds. The third-order valence-corrected chi connectivity index (χ3v) is 2.43. The Balaban J connectivity index is 3.62. The molecule has 0 radical (unpaired) electrons. The molecule has 0 rings (SSSR count). The van der Waals surface area contributed by atoms with Gasteiger partial charge in [-0.05, 0) is 54.0 Å². The van der Waals surface area contributed by atoms with Gasteiger partial charge >= 0.3 is 6.09 Å². The van der Waals surface area contributed by atoms with Crippen molar-refractivity contribution < 1.29 is 14.3 Å². The van der Waals surface area contributed by atoms with Crippen LogP contribution in [0.2, 0.25) is 0 Å². The lowest BCUT2D eigenvalue weighted by atomic mass is 10.1. The SMILES string of the molecule is CN[C@H](CCCCNC(=O)OC(C)(C)C)C(C)=O. The van der Waals surface area contributed by atoms with E-state index in [1.165, 1.54) is 0 Å². The number of hydrogen-bond acceptors (Lipinski definition) is 4. The van der Waals surface area contributed by atoms with Gasteiger partial charge in [0.15, 0.2) is 0 Å². The minimum absolute atomic E-state index is 0.0773. The number of carbonyl (C=O) groups is 2. The van der Waals surface area contributed by atoms with E-state index in [0.29, 0.717) is 6.54 Å². The number of likely N-dealkylation sites (N-methyl/N-ethyl adjacent to an activating group) is 1. The zero-order chi connectivity index (χ0) is 14.2. The predicted molar refractivity (Wildman–Crippen MR) is 71.6 cm³/mol. The largest absolute Gasteiger partial charge is 0.444 e. The molecule has 5 nitrogen and oxygen atoms in total. The standard InChI is InChI=1S/C13H26N2O3/c1-10(16)11(14-5)8-6-7-9-15-12(17)18-13(2,3)4/h11,14H,6-9H2,1-5H3,(H,15,17)/t11-/m1/s1. The van der Waals surface area contributed by atoms with Gasteiger partial charge in [0, 0.05) is 6.54 Å². The van der Waals surface area contributed by atoms with E-state index in [9.17, 15) is 9.59 Å². The number of hydrogen-bond donors (Lipinski definition) is 2. The average Bonchev–Trinajstić information content (AvgIpc) is 2.20. The summed E-state index contributed by atoms with van der Waals surface area (Å²) >= 11 is 0. The fourth-order valence-electron chi connectivity index (χ4n) is 1.53. The number of alkyl carbamates (subject to hydrolysis) is 1. The zero-order valence-electron chi connectivity index (χ0n) is 12.1. The lowest BCUT2D eigenvalue weighted by Crippen LogP contribution is -2.34. The van der Waals surface area contributed by atoms with Crippen LogP contribution in [0, 0.1) is 0 Å². The van der Waals surface area contributed by atoms with E-state index in [-0.39, 0.29) is 17.9 Å². The Hall–Kier alpha value is -1.10. The highest BCUT2D eigenvalue weighted by Crippen LogP contribution is 2.06. The van der Waals surface area contributed by atoms with Gasteiger partial charge in [0.1, 0.15) is 11.4 Å². The van der Waals surface area contributed by atoms with Crippen molar-refractivity contribution >= 4 is 11.9 Å². The number of rotatable bonds is 7. The average molecular weight is 258 g/mol. The van der Waals surface area contributed by atoms with Crippen molar-refractivity contribution in [3.05, 3.63) is 0 Å². The van der Waals surface area contributed by atoms with Gasteiger partial charge < -0.3 is 15.4 Å². The highest BCUT2D eigenvalue weighted by Gasteiger charge is 2.15. The molecule has 0 heterocycles.